The summed E-state index contributed by atoms with van der Waals surface area (Å²) < 4.78 is 4.90. The molecule has 0 radical (unpaired) electrons. The molecular weight excluding hydrogens is 224 g/mol. The van der Waals surface area contributed by atoms with Gasteiger partial charge in [-0.1, -0.05) is 0 Å². The molecule has 1 heterocycles. The Labute approximate surface area is 99.3 Å². The van der Waals surface area contributed by atoms with Crippen LogP contribution < -0.4 is 5.32 Å². The molecule has 1 aromatic heterocycles. The highest BCUT2D eigenvalue weighted by molar-refractivity contribution is 5.94. The first-order chi connectivity index (χ1) is 8.10. The normalized spacial score (nSPS) is 12.2. The smallest absolute Gasteiger partial charge is 0.339 e. The highest BCUT2D eigenvalue weighted by Crippen LogP contribution is 2.17. The van der Waals surface area contributed by atoms with Crippen LogP contribution in [0.1, 0.15) is 15.9 Å². The number of aliphatic hydroxyl groups excluding tert-OH is 1. The standard InChI is InChI=1S/C11H16N2O4/c1-7-3-4-12-10(9(7)11(15)16)13-8(5-14)6-17-2/h3-4,8,14H,5-6H2,1-2H3,(H,12,13)(H,15,16). The van der Waals surface area contributed by atoms with Crippen molar-refractivity contribution in [2.75, 3.05) is 25.6 Å². The first-order valence-electron chi connectivity index (χ1n) is 5.15. The summed E-state index contributed by atoms with van der Waals surface area (Å²) >= 11 is 0. The van der Waals surface area contributed by atoms with E-state index in [1.165, 1.54) is 13.3 Å². The van der Waals surface area contributed by atoms with Crippen molar-refractivity contribution < 1.29 is 19.7 Å². The lowest BCUT2D eigenvalue weighted by atomic mass is 10.1. The fourth-order valence-corrected chi connectivity index (χ4v) is 1.47. The van der Waals surface area contributed by atoms with Gasteiger partial charge >= 0.3 is 5.97 Å². The number of pyridine rings is 1. The summed E-state index contributed by atoms with van der Waals surface area (Å²) in [5.41, 5.74) is 0.728. The van der Waals surface area contributed by atoms with Crippen LogP contribution in [-0.4, -0.2) is 47.5 Å². The number of aliphatic hydroxyl groups is 1. The number of hydrogen-bond acceptors (Lipinski definition) is 5. The van der Waals surface area contributed by atoms with Gasteiger partial charge in [-0.05, 0) is 18.6 Å². The molecule has 0 fully saturated rings. The molecule has 0 amide bonds. The second-order valence-corrected chi connectivity index (χ2v) is 3.64. The Morgan fingerprint density at radius 1 is 1.65 bits per heavy atom. The van der Waals surface area contributed by atoms with Gasteiger partial charge in [0.05, 0.1) is 19.3 Å². The molecule has 0 saturated carbocycles. The van der Waals surface area contributed by atoms with Crippen LogP contribution in [0, 0.1) is 6.92 Å². The third-order valence-electron chi connectivity index (χ3n) is 2.30. The summed E-state index contributed by atoms with van der Waals surface area (Å²) in [5, 5.41) is 21.0. The second-order valence-electron chi connectivity index (χ2n) is 3.64. The van der Waals surface area contributed by atoms with Gasteiger partial charge in [0.2, 0.25) is 0 Å². The van der Waals surface area contributed by atoms with E-state index in [9.17, 15) is 4.79 Å². The summed E-state index contributed by atoms with van der Waals surface area (Å²) in [6.07, 6.45) is 1.52. The number of carboxylic acid groups (broad SMARTS) is 1. The summed E-state index contributed by atoms with van der Waals surface area (Å²) in [7, 11) is 1.51. The summed E-state index contributed by atoms with van der Waals surface area (Å²) in [5.74, 6) is -0.805. The van der Waals surface area contributed by atoms with Crippen LogP contribution in [0.3, 0.4) is 0 Å². The van der Waals surface area contributed by atoms with Crippen molar-refractivity contribution in [3.63, 3.8) is 0 Å². The predicted molar refractivity (Wildman–Crippen MR) is 62.3 cm³/mol. The van der Waals surface area contributed by atoms with Gasteiger partial charge in [0, 0.05) is 13.3 Å². The molecule has 0 bridgehead atoms. The molecule has 6 heteroatoms. The van der Waals surface area contributed by atoms with Gasteiger partial charge in [0.1, 0.15) is 11.4 Å². The number of carboxylic acids is 1. The maximum absolute atomic E-state index is 11.1. The van der Waals surface area contributed by atoms with Crippen LogP contribution in [-0.2, 0) is 4.74 Å². The molecule has 17 heavy (non-hydrogen) atoms. The number of nitrogens with zero attached hydrogens (tertiary/aromatic N) is 1. The van der Waals surface area contributed by atoms with Crippen molar-refractivity contribution in [2.45, 2.75) is 13.0 Å². The zero-order valence-corrected chi connectivity index (χ0v) is 9.80. The lowest BCUT2D eigenvalue weighted by molar-refractivity contribution is 0.0696. The van der Waals surface area contributed by atoms with E-state index in [0.29, 0.717) is 5.56 Å². The summed E-state index contributed by atoms with van der Waals surface area (Å²) in [6.45, 7) is 1.80. The van der Waals surface area contributed by atoms with Gasteiger partial charge < -0.3 is 20.3 Å². The largest absolute Gasteiger partial charge is 0.478 e. The molecule has 1 rings (SSSR count). The number of aryl methyl sites for hydroxylation is 1. The first kappa shape index (κ1) is 13.4. The van der Waals surface area contributed by atoms with Gasteiger partial charge in [-0.3, -0.25) is 0 Å². The minimum atomic E-state index is -1.05. The molecule has 1 unspecified atom stereocenters. The molecular formula is C11H16N2O4. The van der Waals surface area contributed by atoms with Crippen molar-refractivity contribution >= 4 is 11.8 Å². The van der Waals surface area contributed by atoms with Crippen LogP contribution in [0.5, 0.6) is 0 Å². The van der Waals surface area contributed by atoms with Crippen LogP contribution in [0.4, 0.5) is 5.82 Å². The third-order valence-corrected chi connectivity index (χ3v) is 2.30. The monoisotopic (exact) mass is 240 g/mol. The number of anilines is 1. The van der Waals surface area contributed by atoms with Gasteiger partial charge in [-0.25, -0.2) is 9.78 Å². The van der Waals surface area contributed by atoms with Crippen molar-refractivity contribution in [3.05, 3.63) is 23.4 Å². The Balaban J connectivity index is 2.97. The molecule has 6 nitrogen and oxygen atoms in total. The molecule has 0 saturated heterocycles. The maximum Gasteiger partial charge on any atom is 0.339 e. The third kappa shape index (κ3) is 3.40. The van der Waals surface area contributed by atoms with E-state index in [-0.39, 0.29) is 30.6 Å². The second kappa shape index (κ2) is 6.17. The van der Waals surface area contributed by atoms with Gasteiger partial charge in [-0.15, -0.1) is 0 Å². The zero-order chi connectivity index (χ0) is 12.8. The topological polar surface area (TPSA) is 91.7 Å². The van der Waals surface area contributed by atoms with Crippen molar-refractivity contribution in [1.29, 1.82) is 0 Å². The van der Waals surface area contributed by atoms with Crippen LogP contribution >= 0.6 is 0 Å². The van der Waals surface area contributed by atoms with Crippen LogP contribution in [0.2, 0.25) is 0 Å². The van der Waals surface area contributed by atoms with E-state index >= 15 is 0 Å². The Hall–Kier alpha value is -1.66. The zero-order valence-electron chi connectivity index (χ0n) is 9.80. The highest BCUT2D eigenvalue weighted by atomic mass is 16.5. The maximum atomic E-state index is 11.1. The molecule has 0 aliphatic rings. The fourth-order valence-electron chi connectivity index (χ4n) is 1.47. The summed E-state index contributed by atoms with van der Waals surface area (Å²) in [6, 6.07) is 1.24. The van der Waals surface area contributed by atoms with Crippen molar-refractivity contribution in [3.8, 4) is 0 Å². The van der Waals surface area contributed by atoms with Crippen LogP contribution in [0.15, 0.2) is 12.3 Å². The molecule has 0 aliphatic carbocycles. The highest BCUT2D eigenvalue weighted by Gasteiger charge is 2.17. The summed E-state index contributed by atoms with van der Waals surface area (Å²) in [4.78, 5) is 15.1. The number of hydrogen-bond donors (Lipinski definition) is 3. The number of methoxy groups -OCH3 is 1. The van der Waals surface area contributed by atoms with Crippen molar-refractivity contribution in [1.82, 2.24) is 4.98 Å². The molecule has 1 atom stereocenters. The van der Waals surface area contributed by atoms with E-state index in [1.807, 2.05) is 0 Å². The molecule has 0 aromatic carbocycles. The fraction of sp³-hybridized carbons (Fsp3) is 0.455. The van der Waals surface area contributed by atoms with E-state index in [4.69, 9.17) is 14.9 Å². The van der Waals surface area contributed by atoms with Crippen molar-refractivity contribution in [2.24, 2.45) is 0 Å². The molecule has 0 spiro atoms. The minimum absolute atomic E-state index is 0.113. The number of aromatic nitrogens is 1. The lowest BCUT2D eigenvalue weighted by Crippen LogP contribution is -2.30. The Morgan fingerprint density at radius 2 is 2.35 bits per heavy atom. The number of nitrogens with one attached hydrogen (secondary N) is 1. The average Bonchev–Trinajstić information content (AvgIpc) is 2.28. The Bertz CT molecular complexity index is 395. The number of ether oxygens (including phenoxy) is 1. The molecule has 1 aromatic rings. The number of carbonyl (C=O) groups is 1. The molecule has 94 valence electrons. The molecule has 3 N–H and O–H groups in total. The van der Waals surface area contributed by atoms with E-state index in [1.54, 1.807) is 13.0 Å². The Kier molecular flexibility index (Phi) is 4.86. The quantitative estimate of drug-likeness (QED) is 0.671. The van der Waals surface area contributed by atoms with Gasteiger partial charge in [-0.2, -0.15) is 0 Å². The average molecular weight is 240 g/mol. The van der Waals surface area contributed by atoms with Gasteiger partial charge in [0.15, 0.2) is 0 Å². The first-order valence-corrected chi connectivity index (χ1v) is 5.15. The van der Waals surface area contributed by atoms with Crippen LogP contribution in [0.25, 0.3) is 0 Å². The Morgan fingerprint density at radius 3 is 2.88 bits per heavy atom. The minimum Gasteiger partial charge on any atom is -0.478 e. The predicted octanol–water partition coefficient (Wildman–Crippen LogP) is 0.507. The molecule has 0 aliphatic heterocycles. The van der Waals surface area contributed by atoms with E-state index in [2.05, 4.69) is 10.3 Å². The lowest BCUT2D eigenvalue weighted by Gasteiger charge is -2.17. The number of rotatable bonds is 6. The van der Waals surface area contributed by atoms with Gasteiger partial charge in [0.25, 0.3) is 0 Å². The van der Waals surface area contributed by atoms with E-state index < -0.39 is 5.97 Å². The SMILES string of the molecule is COCC(CO)Nc1nccc(C)c1C(=O)O. The number of aromatic carboxylic acids is 1. The van der Waals surface area contributed by atoms with E-state index in [0.717, 1.165) is 0 Å².